The first-order valence-corrected chi connectivity index (χ1v) is 11.6. The number of rotatable bonds is 10. The van der Waals surface area contributed by atoms with Gasteiger partial charge in [0, 0.05) is 40.1 Å². The van der Waals surface area contributed by atoms with Crippen LogP contribution in [0.4, 0.5) is 0 Å². The monoisotopic (exact) mass is 482 g/mol. The van der Waals surface area contributed by atoms with Gasteiger partial charge < -0.3 is 10.2 Å². The maximum atomic E-state index is 13.3. The fraction of sp³-hybridized carbons (Fsp3) is 0.417. The molecule has 2 aromatic rings. The molecule has 0 heterocycles. The summed E-state index contributed by atoms with van der Waals surface area (Å²) in [6, 6.07) is 12.0. The molecule has 0 spiro atoms. The molecule has 0 unspecified atom stereocenters. The van der Waals surface area contributed by atoms with Crippen molar-refractivity contribution in [3.8, 4) is 0 Å². The second-order valence-electron chi connectivity index (χ2n) is 7.88. The Morgan fingerprint density at radius 2 is 1.58 bits per heavy atom. The Bertz CT molecular complexity index is 882. The van der Waals surface area contributed by atoms with Crippen LogP contribution in [0.1, 0.15) is 44.7 Å². The van der Waals surface area contributed by atoms with E-state index >= 15 is 0 Å². The smallest absolute Gasteiger partial charge is 0.242 e. The van der Waals surface area contributed by atoms with Crippen molar-refractivity contribution >= 4 is 46.6 Å². The number of nitrogens with one attached hydrogen (secondary N) is 1. The average Bonchev–Trinajstić information content (AvgIpc) is 2.73. The molecule has 4 nitrogen and oxygen atoms in total. The molecule has 7 heteroatoms. The van der Waals surface area contributed by atoms with E-state index in [1.54, 1.807) is 29.2 Å². The molecule has 2 amide bonds. The third-order valence-corrected chi connectivity index (χ3v) is 6.10. The molecule has 0 saturated carbocycles. The van der Waals surface area contributed by atoms with Crippen molar-refractivity contribution in [2.45, 2.75) is 52.6 Å². The van der Waals surface area contributed by atoms with Crippen molar-refractivity contribution in [2.75, 3.05) is 6.54 Å². The van der Waals surface area contributed by atoms with Crippen LogP contribution in [-0.2, 0) is 22.6 Å². The van der Waals surface area contributed by atoms with E-state index in [1.165, 1.54) is 0 Å². The molecule has 31 heavy (non-hydrogen) atoms. The Kier molecular flexibility index (Phi) is 10.1. The van der Waals surface area contributed by atoms with Crippen LogP contribution < -0.4 is 5.32 Å². The van der Waals surface area contributed by atoms with E-state index < -0.39 is 6.04 Å². The van der Waals surface area contributed by atoms with Gasteiger partial charge in [0.1, 0.15) is 6.04 Å². The van der Waals surface area contributed by atoms with Crippen LogP contribution in [0.5, 0.6) is 0 Å². The standard InChI is InChI=1S/C24H29Cl3N2O2/c1-4-22(24(31)28-14-16(2)3)29(15-18-20(26)10-7-11-21(18)27)23(30)13-12-17-8-5-6-9-19(17)25/h5-11,16,22H,4,12-15H2,1-3H3,(H,28,31)/t22-/m1/s1. The van der Waals surface area contributed by atoms with Crippen LogP contribution in [0.2, 0.25) is 15.1 Å². The van der Waals surface area contributed by atoms with E-state index in [0.29, 0.717) is 45.9 Å². The van der Waals surface area contributed by atoms with Gasteiger partial charge in [0.05, 0.1) is 0 Å². The third kappa shape index (κ3) is 7.41. The van der Waals surface area contributed by atoms with Crippen molar-refractivity contribution in [3.63, 3.8) is 0 Å². The first kappa shape index (κ1) is 25.5. The molecule has 0 saturated heterocycles. The van der Waals surface area contributed by atoms with Gasteiger partial charge in [-0.2, -0.15) is 0 Å². The Balaban J connectivity index is 2.28. The fourth-order valence-electron chi connectivity index (χ4n) is 3.28. The zero-order valence-electron chi connectivity index (χ0n) is 18.1. The maximum Gasteiger partial charge on any atom is 0.242 e. The summed E-state index contributed by atoms with van der Waals surface area (Å²) in [5.74, 6) is -0.0169. The normalized spacial score (nSPS) is 12.0. The van der Waals surface area contributed by atoms with Crippen LogP contribution in [0.25, 0.3) is 0 Å². The van der Waals surface area contributed by atoms with E-state index in [0.717, 1.165) is 5.56 Å². The number of carbonyl (C=O) groups excluding carboxylic acids is 2. The zero-order chi connectivity index (χ0) is 23.0. The van der Waals surface area contributed by atoms with Gasteiger partial charge in [-0.3, -0.25) is 9.59 Å². The number of halogens is 3. The summed E-state index contributed by atoms with van der Waals surface area (Å²) in [5.41, 5.74) is 1.53. The van der Waals surface area contributed by atoms with Gasteiger partial charge in [-0.1, -0.05) is 79.8 Å². The second kappa shape index (κ2) is 12.3. The van der Waals surface area contributed by atoms with Gasteiger partial charge in [-0.15, -0.1) is 0 Å². The summed E-state index contributed by atoms with van der Waals surface area (Å²) in [5, 5.41) is 4.50. The highest BCUT2D eigenvalue weighted by molar-refractivity contribution is 6.36. The Labute approximate surface area is 199 Å². The molecule has 168 valence electrons. The van der Waals surface area contributed by atoms with Crippen molar-refractivity contribution in [2.24, 2.45) is 5.92 Å². The van der Waals surface area contributed by atoms with Crippen molar-refractivity contribution in [1.29, 1.82) is 0 Å². The van der Waals surface area contributed by atoms with Gasteiger partial charge in [0.25, 0.3) is 0 Å². The fourth-order valence-corrected chi connectivity index (χ4v) is 4.03. The molecule has 1 atom stereocenters. The van der Waals surface area contributed by atoms with E-state index in [-0.39, 0.29) is 24.8 Å². The SMILES string of the molecule is CC[C@H](C(=O)NCC(C)C)N(Cc1c(Cl)cccc1Cl)C(=O)CCc1ccccc1Cl. The van der Waals surface area contributed by atoms with Gasteiger partial charge in [0.2, 0.25) is 11.8 Å². The predicted molar refractivity (Wildman–Crippen MR) is 129 cm³/mol. The summed E-state index contributed by atoms with van der Waals surface area (Å²) in [6.07, 6.45) is 1.18. The van der Waals surface area contributed by atoms with Crippen LogP contribution >= 0.6 is 34.8 Å². The third-order valence-electron chi connectivity index (χ3n) is 5.03. The minimum atomic E-state index is -0.621. The Hall–Kier alpha value is -1.75. The quantitative estimate of drug-likeness (QED) is 0.440. The summed E-state index contributed by atoms with van der Waals surface area (Å²) < 4.78 is 0. The first-order chi connectivity index (χ1) is 14.7. The highest BCUT2D eigenvalue weighted by Crippen LogP contribution is 2.27. The maximum absolute atomic E-state index is 13.3. The lowest BCUT2D eigenvalue weighted by Crippen LogP contribution is -2.49. The van der Waals surface area contributed by atoms with E-state index in [1.807, 2.05) is 39.0 Å². The van der Waals surface area contributed by atoms with Crippen molar-refractivity contribution in [3.05, 3.63) is 68.7 Å². The molecule has 1 N–H and O–H groups in total. The molecule has 0 aromatic heterocycles. The summed E-state index contributed by atoms with van der Waals surface area (Å²) in [4.78, 5) is 27.8. The second-order valence-corrected chi connectivity index (χ2v) is 9.10. The lowest BCUT2D eigenvalue weighted by atomic mass is 10.1. The van der Waals surface area contributed by atoms with Crippen molar-refractivity contribution < 1.29 is 9.59 Å². The van der Waals surface area contributed by atoms with Crippen molar-refractivity contribution in [1.82, 2.24) is 10.2 Å². The molecular weight excluding hydrogens is 455 g/mol. The van der Waals surface area contributed by atoms with Crippen LogP contribution in [0, 0.1) is 5.92 Å². The number of nitrogens with zero attached hydrogens (tertiary/aromatic N) is 1. The highest BCUT2D eigenvalue weighted by Gasteiger charge is 2.29. The molecule has 2 rings (SSSR count). The number of amides is 2. The molecule has 0 aliphatic rings. The molecule has 2 aromatic carbocycles. The van der Waals surface area contributed by atoms with Gasteiger partial charge in [-0.05, 0) is 42.5 Å². The molecule has 0 aliphatic heterocycles. The van der Waals surface area contributed by atoms with Crippen LogP contribution in [0.3, 0.4) is 0 Å². The first-order valence-electron chi connectivity index (χ1n) is 10.5. The summed E-state index contributed by atoms with van der Waals surface area (Å²) >= 11 is 19.0. The molecule has 0 fully saturated rings. The van der Waals surface area contributed by atoms with Gasteiger partial charge >= 0.3 is 0 Å². The highest BCUT2D eigenvalue weighted by atomic mass is 35.5. The topological polar surface area (TPSA) is 49.4 Å². The van der Waals surface area contributed by atoms with E-state index in [9.17, 15) is 9.59 Å². The number of benzene rings is 2. The van der Waals surface area contributed by atoms with Crippen LogP contribution in [-0.4, -0.2) is 29.3 Å². The number of hydrogen-bond donors (Lipinski definition) is 1. The molecule has 0 radical (unpaired) electrons. The predicted octanol–water partition coefficient (Wildman–Crippen LogP) is 6.16. The molecule has 0 aliphatic carbocycles. The largest absolute Gasteiger partial charge is 0.354 e. The van der Waals surface area contributed by atoms with Gasteiger partial charge in [-0.25, -0.2) is 0 Å². The van der Waals surface area contributed by atoms with Gasteiger partial charge in [0.15, 0.2) is 0 Å². The number of hydrogen-bond acceptors (Lipinski definition) is 2. The number of aryl methyl sites for hydroxylation is 1. The molecular formula is C24H29Cl3N2O2. The Morgan fingerprint density at radius 1 is 0.968 bits per heavy atom. The van der Waals surface area contributed by atoms with Crippen LogP contribution in [0.15, 0.2) is 42.5 Å². The summed E-state index contributed by atoms with van der Waals surface area (Å²) in [6.45, 7) is 6.65. The minimum Gasteiger partial charge on any atom is -0.354 e. The lowest BCUT2D eigenvalue weighted by Gasteiger charge is -2.31. The van der Waals surface area contributed by atoms with E-state index in [2.05, 4.69) is 5.32 Å². The zero-order valence-corrected chi connectivity index (χ0v) is 20.4. The average molecular weight is 484 g/mol. The van der Waals surface area contributed by atoms with E-state index in [4.69, 9.17) is 34.8 Å². The minimum absolute atomic E-state index is 0.151. The molecule has 0 bridgehead atoms. The number of carbonyl (C=O) groups is 2. The summed E-state index contributed by atoms with van der Waals surface area (Å²) in [7, 11) is 0. The lowest BCUT2D eigenvalue weighted by molar-refractivity contribution is -0.141. The Morgan fingerprint density at radius 3 is 2.16 bits per heavy atom.